The van der Waals surface area contributed by atoms with E-state index in [0.717, 1.165) is 50.0 Å². The molecular weight excluding hydrogens is 624 g/mol. The molecule has 2 aliphatic heterocycles. The highest BCUT2D eigenvalue weighted by atomic mass is 16.5. The summed E-state index contributed by atoms with van der Waals surface area (Å²) in [6.07, 6.45) is 14.6. The Morgan fingerprint density at radius 2 is 1.76 bits per heavy atom. The number of hydrogen-bond donors (Lipinski definition) is 1. The first-order chi connectivity index (χ1) is 24.1. The van der Waals surface area contributed by atoms with Gasteiger partial charge in [0.15, 0.2) is 0 Å². The van der Waals surface area contributed by atoms with Crippen molar-refractivity contribution in [2.75, 3.05) is 25.1 Å². The quantitative estimate of drug-likeness (QED) is 0.199. The molecule has 3 aromatic heterocycles. The van der Waals surface area contributed by atoms with Crippen molar-refractivity contribution in [3.63, 3.8) is 0 Å². The summed E-state index contributed by atoms with van der Waals surface area (Å²) in [5, 5.41) is 38.0. The van der Waals surface area contributed by atoms with Crippen LogP contribution in [0.5, 0.6) is 11.6 Å². The van der Waals surface area contributed by atoms with Crippen LogP contribution in [0.15, 0.2) is 43.1 Å². The number of ether oxygens (including phenoxy) is 3. The number of nitriles is 2. The van der Waals surface area contributed by atoms with Gasteiger partial charge in [-0.05, 0) is 80.0 Å². The van der Waals surface area contributed by atoms with E-state index in [2.05, 4.69) is 47.8 Å². The van der Waals surface area contributed by atoms with Crippen LogP contribution in [0.25, 0.3) is 11.1 Å². The van der Waals surface area contributed by atoms with E-state index in [1.807, 2.05) is 29.9 Å². The standard InChI is InChI=1S/C34H40N12O3/c1-23(18-44-22-39-42-43-44)49-32-14-24(4-5-25(32)15-36)26-16-37-34(38-17-26)40-31-19-45(41-33(31)48-13-3-2-12-35)27-6-8-28(9-7-27)46-29-10-11-30(46)21-47-20-29/h4-5,14,16-17,19,22-23,27-30H,2-3,6-11,13,18,20-21H2,1H3,(H,37,38,40)/t23-,27?,28?,29-,30+/m0/s1. The Bertz CT molecular complexity index is 1760. The van der Waals surface area contributed by atoms with Crippen LogP contribution >= 0.6 is 0 Å². The van der Waals surface area contributed by atoms with Gasteiger partial charge in [0.1, 0.15) is 29.9 Å². The van der Waals surface area contributed by atoms with Crippen molar-refractivity contribution < 1.29 is 14.2 Å². The van der Waals surface area contributed by atoms with Gasteiger partial charge in [0.25, 0.3) is 5.88 Å². The average Bonchev–Trinajstić information content (AvgIpc) is 3.85. The van der Waals surface area contributed by atoms with Crippen molar-refractivity contribution in [1.82, 2.24) is 44.9 Å². The summed E-state index contributed by atoms with van der Waals surface area (Å²) in [6.45, 7) is 4.45. The van der Waals surface area contributed by atoms with E-state index >= 15 is 0 Å². The molecule has 1 aliphatic carbocycles. The molecule has 1 saturated carbocycles. The van der Waals surface area contributed by atoms with Crippen molar-refractivity contribution >= 4 is 11.6 Å². The predicted molar refractivity (Wildman–Crippen MR) is 177 cm³/mol. The summed E-state index contributed by atoms with van der Waals surface area (Å²) in [5.41, 5.74) is 2.68. The zero-order valence-electron chi connectivity index (χ0n) is 27.6. The minimum absolute atomic E-state index is 0.277. The van der Waals surface area contributed by atoms with E-state index in [9.17, 15) is 5.26 Å². The van der Waals surface area contributed by atoms with E-state index in [0.29, 0.717) is 72.9 Å². The van der Waals surface area contributed by atoms with Gasteiger partial charge in [-0.25, -0.2) is 14.6 Å². The smallest absolute Gasteiger partial charge is 0.256 e. The van der Waals surface area contributed by atoms with E-state index in [-0.39, 0.29) is 12.1 Å². The molecule has 2 bridgehead atoms. The number of tetrazole rings is 1. The molecule has 7 rings (SSSR count). The summed E-state index contributed by atoms with van der Waals surface area (Å²) < 4.78 is 21.6. The van der Waals surface area contributed by atoms with Crippen LogP contribution in [0.2, 0.25) is 0 Å². The molecule has 0 spiro atoms. The lowest BCUT2D eigenvalue weighted by Crippen LogP contribution is -2.52. The number of rotatable bonds is 13. The van der Waals surface area contributed by atoms with Crippen LogP contribution in [0.1, 0.15) is 69.9 Å². The number of nitrogens with zero attached hydrogens (tertiary/aromatic N) is 11. The topological polar surface area (TPSA) is 178 Å². The van der Waals surface area contributed by atoms with Crippen LogP contribution < -0.4 is 14.8 Å². The lowest BCUT2D eigenvalue weighted by atomic mass is 9.89. The normalized spacial score (nSPS) is 22.6. The Kier molecular flexibility index (Phi) is 9.91. The fraction of sp³-hybridized carbons (Fsp3) is 0.529. The van der Waals surface area contributed by atoms with Gasteiger partial charge < -0.3 is 19.5 Å². The lowest BCUT2D eigenvalue weighted by Gasteiger charge is -2.43. The molecule has 1 N–H and O–H groups in total. The molecule has 254 valence electrons. The summed E-state index contributed by atoms with van der Waals surface area (Å²) in [6, 6.07) is 11.8. The second kappa shape index (κ2) is 15.0. The molecule has 5 heterocycles. The Labute approximate surface area is 284 Å². The maximum absolute atomic E-state index is 9.66. The van der Waals surface area contributed by atoms with Gasteiger partial charge in [-0.15, -0.1) is 10.2 Å². The summed E-state index contributed by atoms with van der Waals surface area (Å²) in [4.78, 5) is 11.9. The number of nitrogens with one attached hydrogen (secondary N) is 1. The molecular formula is C34H40N12O3. The van der Waals surface area contributed by atoms with Crippen molar-refractivity contribution in [2.45, 2.75) is 95.1 Å². The fourth-order valence-corrected chi connectivity index (χ4v) is 7.29. The monoisotopic (exact) mass is 664 g/mol. The maximum Gasteiger partial charge on any atom is 0.256 e. The summed E-state index contributed by atoms with van der Waals surface area (Å²) in [7, 11) is 0. The van der Waals surface area contributed by atoms with Crippen molar-refractivity contribution in [2.24, 2.45) is 0 Å². The minimum Gasteiger partial charge on any atom is -0.487 e. The first kappa shape index (κ1) is 32.4. The number of anilines is 2. The van der Waals surface area contributed by atoms with E-state index in [4.69, 9.17) is 24.6 Å². The molecule has 0 unspecified atom stereocenters. The first-order valence-corrected chi connectivity index (χ1v) is 17.0. The Balaban J connectivity index is 1.03. The molecule has 49 heavy (non-hydrogen) atoms. The molecule has 3 atom stereocenters. The number of unbranched alkanes of at least 4 members (excludes halogenated alkanes) is 1. The molecule has 15 heteroatoms. The zero-order chi connectivity index (χ0) is 33.6. The minimum atomic E-state index is -0.277. The molecule has 3 fully saturated rings. The van der Waals surface area contributed by atoms with Crippen LogP contribution in [0.3, 0.4) is 0 Å². The van der Waals surface area contributed by atoms with Gasteiger partial charge in [-0.3, -0.25) is 9.58 Å². The predicted octanol–water partition coefficient (Wildman–Crippen LogP) is 4.44. The Morgan fingerprint density at radius 3 is 2.47 bits per heavy atom. The van der Waals surface area contributed by atoms with Gasteiger partial charge >= 0.3 is 0 Å². The highest BCUT2D eigenvalue weighted by Crippen LogP contribution is 2.39. The van der Waals surface area contributed by atoms with Gasteiger partial charge in [-0.2, -0.15) is 10.5 Å². The van der Waals surface area contributed by atoms with Crippen LogP contribution in [0, 0.1) is 22.7 Å². The maximum atomic E-state index is 9.66. The second-order valence-electron chi connectivity index (χ2n) is 13.0. The van der Waals surface area contributed by atoms with Crippen molar-refractivity contribution in [3.05, 3.63) is 48.7 Å². The van der Waals surface area contributed by atoms with Gasteiger partial charge in [0.05, 0.1) is 50.2 Å². The fourth-order valence-electron chi connectivity index (χ4n) is 7.29. The third-order valence-electron chi connectivity index (χ3n) is 9.63. The highest BCUT2D eigenvalue weighted by molar-refractivity contribution is 5.67. The van der Waals surface area contributed by atoms with Crippen LogP contribution in [-0.4, -0.2) is 88.9 Å². The highest BCUT2D eigenvalue weighted by Gasteiger charge is 2.42. The molecule has 2 saturated heterocycles. The summed E-state index contributed by atoms with van der Waals surface area (Å²) >= 11 is 0. The van der Waals surface area contributed by atoms with Crippen LogP contribution in [-0.2, 0) is 11.3 Å². The average molecular weight is 665 g/mol. The molecule has 0 radical (unpaired) electrons. The molecule has 4 aromatic rings. The lowest BCUT2D eigenvalue weighted by molar-refractivity contribution is -0.0458. The molecule has 3 aliphatic rings. The Morgan fingerprint density at radius 1 is 1.00 bits per heavy atom. The molecule has 0 amide bonds. The molecule has 1 aromatic carbocycles. The largest absolute Gasteiger partial charge is 0.487 e. The number of fused-ring (bicyclic) bond motifs is 2. The molecule has 15 nitrogen and oxygen atoms in total. The third kappa shape index (κ3) is 7.48. The zero-order valence-corrected chi connectivity index (χ0v) is 27.6. The van der Waals surface area contributed by atoms with Crippen LogP contribution in [0.4, 0.5) is 11.6 Å². The van der Waals surface area contributed by atoms with E-state index in [1.165, 1.54) is 19.2 Å². The number of hydrogen-bond acceptors (Lipinski definition) is 13. The van der Waals surface area contributed by atoms with E-state index in [1.54, 1.807) is 23.1 Å². The third-order valence-corrected chi connectivity index (χ3v) is 9.63. The van der Waals surface area contributed by atoms with E-state index < -0.39 is 0 Å². The SMILES string of the molecule is C[C@@H](Cn1cnnn1)Oc1cc(-c2cnc(Nc3cn(C4CCC(N5[C@@H]6CC[C@H]5COC6)CC4)nc3OCCCC#N)nc2)ccc1C#N. The van der Waals surface area contributed by atoms with Gasteiger partial charge in [0, 0.05) is 42.5 Å². The van der Waals surface area contributed by atoms with Crippen molar-refractivity contribution in [1.29, 1.82) is 10.5 Å². The number of aromatic nitrogens is 8. The number of benzene rings is 1. The number of morpholine rings is 1. The summed E-state index contributed by atoms with van der Waals surface area (Å²) in [5.74, 6) is 1.33. The second-order valence-corrected chi connectivity index (χ2v) is 13.0. The van der Waals surface area contributed by atoms with Crippen molar-refractivity contribution in [3.8, 4) is 34.9 Å². The van der Waals surface area contributed by atoms with Gasteiger partial charge in [-0.1, -0.05) is 6.07 Å². The first-order valence-electron chi connectivity index (χ1n) is 17.0. The Hall–Kier alpha value is -5.12. The van der Waals surface area contributed by atoms with Gasteiger partial charge in [0.2, 0.25) is 5.95 Å².